The van der Waals surface area contributed by atoms with E-state index in [0.29, 0.717) is 0 Å². The zero-order valence-corrected chi connectivity index (χ0v) is 13.1. The van der Waals surface area contributed by atoms with Crippen molar-refractivity contribution in [3.05, 3.63) is 60.8 Å². The van der Waals surface area contributed by atoms with Gasteiger partial charge in [-0.05, 0) is 37.1 Å². The molecule has 3 aromatic rings. The van der Waals surface area contributed by atoms with Gasteiger partial charge < -0.3 is 9.47 Å². The SMILES string of the molecule is Cn1cncc1-c1cccc([C@H]2CCCN2c2ccccn2)n1. The standard InChI is InChI=1S/C18H19N5/c1-22-13-19-12-17(22)15-7-4-6-14(21-15)16-8-5-11-23(16)18-9-2-3-10-20-18/h2-4,6-7,9-10,12-13,16H,5,8,11H2,1H3/t16-/m1/s1. The molecule has 1 aliphatic heterocycles. The normalized spacial score (nSPS) is 17.6. The van der Waals surface area contributed by atoms with Gasteiger partial charge in [-0.15, -0.1) is 0 Å². The van der Waals surface area contributed by atoms with Crippen LogP contribution in [0.2, 0.25) is 0 Å². The molecule has 1 aliphatic rings. The molecule has 0 bridgehead atoms. The largest absolute Gasteiger partial charge is 0.348 e. The number of anilines is 1. The van der Waals surface area contributed by atoms with Crippen molar-refractivity contribution in [1.29, 1.82) is 0 Å². The molecule has 0 N–H and O–H groups in total. The van der Waals surface area contributed by atoms with Gasteiger partial charge in [0.25, 0.3) is 0 Å². The molecule has 0 amide bonds. The molecule has 3 aromatic heterocycles. The Labute approximate surface area is 135 Å². The van der Waals surface area contributed by atoms with E-state index in [9.17, 15) is 0 Å². The summed E-state index contributed by atoms with van der Waals surface area (Å²) >= 11 is 0. The van der Waals surface area contributed by atoms with Crippen LogP contribution in [0.15, 0.2) is 55.1 Å². The second-order valence-electron chi connectivity index (χ2n) is 5.88. The van der Waals surface area contributed by atoms with E-state index in [4.69, 9.17) is 4.98 Å². The van der Waals surface area contributed by atoms with Crippen LogP contribution in [0.3, 0.4) is 0 Å². The van der Waals surface area contributed by atoms with Gasteiger partial charge in [0.2, 0.25) is 0 Å². The number of aryl methyl sites for hydroxylation is 1. The van der Waals surface area contributed by atoms with Gasteiger partial charge in [-0.2, -0.15) is 0 Å². The molecule has 23 heavy (non-hydrogen) atoms. The first-order chi connectivity index (χ1) is 11.3. The molecule has 5 heteroatoms. The Morgan fingerprint density at radius 2 is 2.09 bits per heavy atom. The van der Waals surface area contributed by atoms with Crippen LogP contribution in [0.5, 0.6) is 0 Å². The Balaban J connectivity index is 1.69. The average Bonchev–Trinajstić information content (AvgIpc) is 3.25. The summed E-state index contributed by atoms with van der Waals surface area (Å²) in [7, 11) is 1.99. The Hall–Kier alpha value is -2.69. The number of aromatic nitrogens is 4. The smallest absolute Gasteiger partial charge is 0.129 e. The van der Waals surface area contributed by atoms with Crippen LogP contribution in [0.25, 0.3) is 11.4 Å². The monoisotopic (exact) mass is 305 g/mol. The topological polar surface area (TPSA) is 46.8 Å². The molecule has 5 nitrogen and oxygen atoms in total. The highest BCUT2D eigenvalue weighted by molar-refractivity contribution is 5.54. The number of hydrogen-bond donors (Lipinski definition) is 0. The lowest BCUT2D eigenvalue weighted by atomic mass is 10.1. The van der Waals surface area contributed by atoms with Crippen LogP contribution in [0.4, 0.5) is 5.82 Å². The first-order valence-electron chi connectivity index (χ1n) is 7.94. The van der Waals surface area contributed by atoms with E-state index in [1.165, 1.54) is 6.42 Å². The second kappa shape index (κ2) is 5.83. The number of rotatable bonds is 3. The molecule has 4 rings (SSSR count). The highest BCUT2D eigenvalue weighted by Gasteiger charge is 2.28. The Morgan fingerprint density at radius 3 is 2.87 bits per heavy atom. The molecule has 0 spiro atoms. The molecule has 0 unspecified atom stereocenters. The zero-order chi connectivity index (χ0) is 15.6. The van der Waals surface area contributed by atoms with Crippen molar-refractivity contribution in [2.75, 3.05) is 11.4 Å². The van der Waals surface area contributed by atoms with Crippen LogP contribution in [-0.4, -0.2) is 26.1 Å². The summed E-state index contributed by atoms with van der Waals surface area (Å²) in [5.41, 5.74) is 3.11. The summed E-state index contributed by atoms with van der Waals surface area (Å²) in [6.07, 6.45) is 7.79. The molecule has 0 radical (unpaired) electrons. The molecule has 1 fully saturated rings. The van der Waals surface area contributed by atoms with E-state index in [2.05, 4.69) is 33.1 Å². The molecule has 0 aliphatic carbocycles. The lowest BCUT2D eigenvalue weighted by Crippen LogP contribution is -2.24. The summed E-state index contributed by atoms with van der Waals surface area (Å²) in [5, 5.41) is 0. The third-order valence-electron chi connectivity index (χ3n) is 4.39. The maximum absolute atomic E-state index is 4.90. The second-order valence-corrected chi connectivity index (χ2v) is 5.88. The summed E-state index contributed by atoms with van der Waals surface area (Å²) in [6, 6.07) is 12.6. The van der Waals surface area contributed by atoms with Crippen molar-refractivity contribution in [3.63, 3.8) is 0 Å². The van der Waals surface area contributed by atoms with Gasteiger partial charge in [0, 0.05) is 19.8 Å². The van der Waals surface area contributed by atoms with E-state index in [1.54, 1.807) is 6.33 Å². The van der Waals surface area contributed by atoms with Gasteiger partial charge in [-0.25, -0.2) is 15.0 Å². The number of hydrogen-bond acceptors (Lipinski definition) is 4. The summed E-state index contributed by atoms with van der Waals surface area (Å²) in [6.45, 7) is 1.03. The fourth-order valence-corrected chi connectivity index (χ4v) is 3.26. The van der Waals surface area contributed by atoms with Gasteiger partial charge in [0.1, 0.15) is 5.82 Å². The summed E-state index contributed by atoms with van der Waals surface area (Å²) in [4.78, 5) is 16.0. The van der Waals surface area contributed by atoms with Gasteiger partial charge in [0.15, 0.2) is 0 Å². The van der Waals surface area contributed by atoms with Gasteiger partial charge >= 0.3 is 0 Å². The quantitative estimate of drug-likeness (QED) is 0.745. The van der Waals surface area contributed by atoms with E-state index in [0.717, 1.165) is 35.9 Å². The van der Waals surface area contributed by atoms with Crippen LogP contribution < -0.4 is 4.90 Å². The number of nitrogens with zero attached hydrogens (tertiary/aromatic N) is 5. The van der Waals surface area contributed by atoms with Crippen molar-refractivity contribution in [2.45, 2.75) is 18.9 Å². The first kappa shape index (κ1) is 13.9. The van der Waals surface area contributed by atoms with Crippen molar-refractivity contribution >= 4 is 5.82 Å². The molecule has 1 atom stereocenters. The highest BCUT2D eigenvalue weighted by Crippen LogP contribution is 2.34. The molecule has 0 saturated carbocycles. The summed E-state index contributed by atoms with van der Waals surface area (Å²) < 4.78 is 2.00. The van der Waals surface area contributed by atoms with Crippen LogP contribution in [-0.2, 0) is 7.05 Å². The highest BCUT2D eigenvalue weighted by atomic mass is 15.2. The molecular formula is C18H19N5. The van der Waals surface area contributed by atoms with Crippen molar-refractivity contribution in [3.8, 4) is 11.4 Å². The van der Waals surface area contributed by atoms with E-state index >= 15 is 0 Å². The Kier molecular flexibility index (Phi) is 3.54. The van der Waals surface area contributed by atoms with Crippen LogP contribution in [0.1, 0.15) is 24.6 Å². The van der Waals surface area contributed by atoms with Gasteiger partial charge in [-0.3, -0.25) is 0 Å². The molecule has 1 saturated heterocycles. The fraction of sp³-hybridized carbons (Fsp3) is 0.278. The fourth-order valence-electron chi connectivity index (χ4n) is 3.26. The van der Waals surface area contributed by atoms with Crippen molar-refractivity contribution in [1.82, 2.24) is 19.5 Å². The van der Waals surface area contributed by atoms with Crippen molar-refractivity contribution in [2.24, 2.45) is 7.05 Å². The molecule has 0 aromatic carbocycles. The third kappa shape index (κ3) is 2.59. The van der Waals surface area contributed by atoms with E-state index in [-0.39, 0.29) is 6.04 Å². The van der Waals surface area contributed by atoms with E-state index in [1.807, 2.05) is 42.2 Å². The van der Waals surface area contributed by atoms with Crippen LogP contribution >= 0.6 is 0 Å². The number of pyridine rings is 2. The minimum absolute atomic E-state index is 0.290. The molecular weight excluding hydrogens is 286 g/mol. The molecule has 116 valence electrons. The average molecular weight is 305 g/mol. The van der Waals surface area contributed by atoms with E-state index < -0.39 is 0 Å². The maximum Gasteiger partial charge on any atom is 0.129 e. The minimum atomic E-state index is 0.290. The first-order valence-corrected chi connectivity index (χ1v) is 7.94. The number of imidazole rings is 1. The zero-order valence-electron chi connectivity index (χ0n) is 13.1. The lowest BCUT2D eigenvalue weighted by molar-refractivity contribution is 0.688. The maximum atomic E-state index is 4.90. The van der Waals surface area contributed by atoms with Gasteiger partial charge in [0.05, 0.1) is 35.6 Å². The van der Waals surface area contributed by atoms with Crippen LogP contribution in [0, 0.1) is 0 Å². The minimum Gasteiger partial charge on any atom is -0.348 e. The predicted octanol–water partition coefficient (Wildman–Crippen LogP) is 3.22. The third-order valence-corrected chi connectivity index (χ3v) is 4.39. The summed E-state index contributed by atoms with van der Waals surface area (Å²) in [5.74, 6) is 1.03. The lowest BCUT2D eigenvalue weighted by Gasteiger charge is -2.25. The van der Waals surface area contributed by atoms with Crippen molar-refractivity contribution < 1.29 is 0 Å². The Bertz CT molecular complexity index is 796. The predicted molar refractivity (Wildman–Crippen MR) is 90.0 cm³/mol. The molecule has 4 heterocycles. The Morgan fingerprint density at radius 1 is 1.13 bits per heavy atom. The van der Waals surface area contributed by atoms with Gasteiger partial charge in [-0.1, -0.05) is 12.1 Å².